The Balaban J connectivity index is 1.51. The highest BCUT2D eigenvalue weighted by Gasteiger charge is 2.43. The average molecular weight is 295 g/mol. The fraction of sp³-hybridized carbons (Fsp3) is 0.733. The van der Waals surface area contributed by atoms with Crippen LogP contribution in [0.15, 0.2) is 11.3 Å². The molecule has 2 fully saturated rings. The number of aliphatic hydroxyl groups excluding tert-OH is 1. The molecule has 1 atom stereocenters. The van der Waals surface area contributed by atoms with Crippen molar-refractivity contribution in [1.29, 1.82) is 0 Å². The molecule has 1 unspecified atom stereocenters. The van der Waals surface area contributed by atoms with Gasteiger partial charge in [0.25, 0.3) is 0 Å². The van der Waals surface area contributed by atoms with E-state index in [-0.39, 0.29) is 23.0 Å². The van der Waals surface area contributed by atoms with Crippen LogP contribution >= 0.6 is 0 Å². The largest absolute Gasteiger partial charge is 0.507 e. The number of aliphatic hydroxyl groups is 1. The van der Waals surface area contributed by atoms with E-state index in [9.17, 15) is 14.7 Å². The summed E-state index contributed by atoms with van der Waals surface area (Å²) in [5.41, 5.74) is -0.103. The van der Waals surface area contributed by atoms with E-state index in [1.165, 1.54) is 0 Å². The summed E-state index contributed by atoms with van der Waals surface area (Å²) in [5, 5.41) is 10.1. The molecule has 0 aromatic rings. The van der Waals surface area contributed by atoms with Crippen LogP contribution in [0.2, 0.25) is 0 Å². The second-order valence-electron chi connectivity index (χ2n) is 5.89. The Morgan fingerprint density at radius 3 is 2.67 bits per heavy atom. The highest BCUT2D eigenvalue weighted by molar-refractivity contribution is 6.20. The first-order chi connectivity index (χ1) is 10.2. The minimum atomic E-state index is -0.652. The fourth-order valence-electron chi connectivity index (χ4n) is 2.81. The molecule has 3 rings (SSSR count). The van der Waals surface area contributed by atoms with Crippen molar-refractivity contribution < 1.29 is 24.2 Å². The van der Waals surface area contributed by atoms with Crippen LogP contribution in [0, 0.1) is 5.92 Å². The number of carbonyl (C=O) groups excluding carboxylic acids is 2. The first kappa shape index (κ1) is 14.5. The van der Waals surface area contributed by atoms with Crippen LogP contribution < -0.4 is 0 Å². The Hall–Kier alpha value is -1.40. The molecule has 1 aliphatic carbocycles. The number of carbonyl (C=O) groups is 2. The zero-order valence-corrected chi connectivity index (χ0v) is 12.0. The van der Waals surface area contributed by atoms with Gasteiger partial charge in [0.05, 0.1) is 13.2 Å². The summed E-state index contributed by atoms with van der Waals surface area (Å²) in [7, 11) is 0. The van der Waals surface area contributed by atoms with Gasteiger partial charge in [0, 0.05) is 19.0 Å². The molecule has 1 saturated carbocycles. The Bertz CT molecular complexity index is 463. The molecule has 6 heteroatoms. The van der Waals surface area contributed by atoms with Gasteiger partial charge in [0.1, 0.15) is 5.57 Å². The van der Waals surface area contributed by atoms with E-state index in [1.54, 1.807) is 0 Å². The fourth-order valence-corrected chi connectivity index (χ4v) is 2.81. The molecule has 0 aromatic carbocycles. The summed E-state index contributed by atoms with van der Waals surface area (Å²) in [5.74, 6) is -1.13. The number of cyclic esters (lactones) is 1. The van der Waals surface area contributed by atoms with Gasteiger partial charge in [0.15, 0.2) is 17.6 Å². The van der Waals surface area contributed by atoms with Crippen molar-refractivity contribution in [3.05, 3.63) is 11.3 Å². The van der Waals surface area contributed by atoms with Crippen molar-refractivity contribution in [2.45, 2.75) is 31.8 Å². The Labute approximate surface area is 123 Å². The third kappa shape index (κ3) is 3.27. The number of rotatable bonds is 6. The van der Waals surface area contributed by atoms with E-state index < -0.39 is 12.1 Å². The molecular weight excluding hydrogens is 274 g/mol. The summed E-state index contributed by atoms with van der Waals surface area (Å²) in [6.45, 7) is 4.22. The van der Waals surface area contributed by atoms with E-state index in [4.69, 9.17) is 9.47 Å². The Morgan fingerprint density at radius 2 is 2.00 bits per heavy atom. The van der Waals surface area contributed by atoms with Crippen molar-refractivity contribution in [1.82, 2.24) is 4.90 Å². The highest BCUT2D eigenvalue weighted by Crippen LogP contribution is 2.36. The summed E-state index contributed by atoms with van der Waals surface area (Å²) < 4.78 is 10.4. The molecule has 0 spiro atoms. The highest BCUT2D eigenvalue weighted by atomic mass is 16.6. The van der Waals surface area contributed by atoms with Gasteiger partial charge in [-0.2, -0.15) is 0 Å². The van der Waals surface area contributed by atoms with Crippen LogP contribution in [0.25, 0.3) is 0 Å². The van der Waals surface area contributed by atoms with Crippen molar-refractivity contribution in [3.8, 4) is 0 Å². The number of hydrogen-bond donors (Lipinski definition) is 1. The molecule has 1 saturated heterocycles. The summed E-state index contributed by atoms with van der Waals surface area (Å²) >= 11 is 0. The maximum atomic E-state index is 12.0. The zero-order valence-electron chi connectivity index (χ0n) is 12.0. The third-order valence-electron chi connectivity index (χ3n) is 4.25. The first-order valence-corrected chi connectivity index (χ1v) is 7.65. The standard InChI is InChI=1S/C15H21NO5/c17-13(10-3-4-10)12-14(18)11(21-15(12)19)2-1-5-16-6-8-20-9-7-16/h10-11,18H,1-9H2. The number of esters is 1. The predicted octanol–water partition coefficient (Wildman–Crippen LogP) is 0.815. The van der Waals surface area contributed by atoms with Crippen LogP contribution in [0.5, 0.6) is 0 Å². The van der Waals surface area contributed by atoms with Gasteiger partial charge in [-0.25, -0.2) is 4.79 Å². The van der Waals surface area contributed by atoms with E-state index in [1.807, 2.05) is 0 Å². The normalized spacial score (nSPS) is 27.0. The van der Waals surface area contributed by atoms with Crippen molar-refractivity contribution in [2.24, 2.45) is 5.92 Å². The molecular formula is C15H21NO5. The zero-order chi connectivity index (χ0) is 14.8. The summed E-state index contributed by atoms with van der Waals surface area (Å²) in [6.07, 6.45) is 2.34. The maximum absolute atomic E-state index is 12.0. The molecule has 3 aliphatic rings. The molecule has 1 N–H and O–H groups in total. The minimum Gasteiger partial charge on any atom is -0.507 e. The number of hydrogen-bond acceptors (Lipinski definition) is 6. The van der Waals surface area contributed by atoms with Gasteiger partial charge in [0.2, 0.25) is 0 Å². The molecule has 2 aliphatic heterocycles. The third-order valence-corrected chi connectivity index (χ3v) is 4.25. The molecule has 6 nitrogen and oxygen atoms in total. The molecule has 0 bridgehead atoms. The lowest BCUT2D eigenvalue weighted by atomic mass is 10.0. The number of morpholine rings is 1. The average Bonchev–Trinajstić information content (AvgIpc) is 3.28. The molecule has 2 heterocycles. The summed E-state index contributed by atoms with van der Waals surface area (Å²) in [4.78, 5) is 26.0. The van der Waals surface area contributed by atoms with Gasteiger partial charge in [-0.15, -0.1) is 0 Å². The van der Waals surface area contributed by atoms with E-state index in [2.05, 4.69) is 4.90 Å². The lowest BCUT2D eigenvalue weighted by molar-refractivity contribution is -0.141. The number of nitrogens with zero attached hydrogens (tertiary/aromatic N) is 1. The van der Waals surface area contributed by atoms with Gasteiger partial charge >= 0.3 is 5.97 Å². The monoisotopic (exact) mass is 295 g/mol. The van der Waals surface area contributed by atoms with Crippen LogP contribution in [0.4, 0.5) is 0 Å². The lowest BCUT2D eigenvalue weighted by Gasteiger charge is -2.26. The van der Waals surface area contributed by atoms with E-state index in [0.717, 1.165) is 52.1 Å². The van der Waals surface area contributed by atoms with Gasteiger partial charge in [-0.3, -0.25) is 9.69 Å². The molecule has 0 amide bonds. The topological polar surface area (TPSA) is 76.1 Å². The first-order valence-electron chi connectivity index (χ1n) is 7.65. The SMILES string of the molecule is O=C1OC(CCCN2CCOCC2)C(O)=C1C(=O)C1CC1. The van der Waals surface area contributed by atoms with Gasteiger partial charge in [-0.1, -0.05) is 0 Å². The summed E-state index contributed by atoms with van der Waals surface area (Å²) in [6, 6.07) is 0. The van der Waals surface area contributed by atoms with Gasteiger partial charge in [-0.05, 0) is 32.2 Å². The molecule has 0 aromatic heterocycles. The smallest absolute Gasteiger partial charge is 0.346 e. The lowest BCUT2D eigenvalue weighted by Crippen LogP contribution is -2.37. The van der Waals surface area contributed by atoms with Crippen LogP contribution in [0.1, 0.15) is 25.7 Å². The van der Waals surface area contributed by atoms with Crippen LogP contribution in [0.3, 0.4) is 0 Å². The second-order valence-corrected chi connectivity index (χ2v) is 5.89. The van der Waals surface area contributed by atoms with E-state index >= 15 is 0 Å². The van der Waals surface area contributed by atoms with E-state index in [0.29, 0.717) is 6.42 Å². The quantitative estimate of drug-likeness (QED) is 0.577. The Morgan fingerprint density at radius 1 is 1.29 bits per heavy atom. The number of ether oxygens (including phenoxy) is 2. The molecule has 0 radical (unpaired) electrons. The van der Waals surface area contributed by atoms with Crippen molar-refractivity contribution >= 4 is 11.8 Å². The second kappa shape index (κ2) is 6.15. The number of Topliss-reactive ketones (excluding diaryl/α,β-unsaturated/α-hetero) is 1. The maximum Gasteiger partial charge on any atom is 0.346 e. The van der Waals surface area contributed by atoms with Crippen molar-refractivity contribution in [2.75, 3.05) is 32.8 Å². The molecule has 116 valence electrons. The predicted molar refractivity (Wildman–Crippen MR) is 73.8 cm³/mol. The van der Waals surface area contributed by atoms with Crippen LogP contribution in [-0.2, 0) is 19.1 Å². The van der Waals surface area contributed by atoms with Crippen molar-refractivity contribution in [3.63, 3.8) is 0 Å². The number of ketones is 1. The van der Waals surface area contributed by atoms with Crippen LogP contribution in [-0.4, -0.2) is 60.7 Å². The van der Waals surface area contributed by atoms with Gasteiger partial charge < -0.3 is 14.6 Å². The minimum absolute atomic E-state index is 0.0817. The Kier molecular flexibility index (Phi) is 4.26. The molecule has 21 heavy (non-hydrogen) atoms.